The van der Waals surface area contributed by atoms with Crippen molar-refractivity contribution in [3.8, 4) is 0 Å². The normalized spacial score (nSPS) is 21.2. The quantitative estimate of drug-likeness (QED) is 0.804. The number of aryl methyl sites for hydroxylation is 1. The first-order chi connectivity index (χ1) is 12.4. The summed E-state index contributed by atoms with van der Waals surface area (Å²) in [6, 6.07) is 5.52. The molecule has 1 aliphatic heterocycles. The maximum absolute atomic E-state index is 12.2. The number of amides is 1. The molecular weight excluding hydrogens is 330 g/mol. The second kappa shape index (κ2) is 8.08. The van der Waals surface area contributed by atoms with Gasteiger partial charge in [-0.25, -0.2) is 4.79 Å². The number of nitrogens with one attached hydrogen (secondary N) is 1. The zero-order chi connectivity index (χ0) is 18.7. The highest BCUT2D eigenvalue weighted by molar-refractivity contribution is 5.79. The maximum Gasteiger partial charge on any atom is 0.420 e. The van der Waals surface area contributed by atoms with Crippen molar-refractivity contribution in [3.05, 3.63) is 34.3 Å². The fourth-order valence-electron chi connectivity index (χ4n) is 4.03. The number of hydrogen-bond acceptors (Lipinski definition) is 4. The summed E-state index contributed by atoms with van der Waals surface area (Å²) in [5, 5.41) is 2.92. The molecule has 0 bridgehead atoms. The number of oxazole rings is 1. The van der Waals surface area contributed by atoms with Gasteiger partial charge in [0.05, 0.1) is 5.52 Å². The molecule has 0 aliphatic carbocycles. The van der Waals surface area contributed by atoms with Gasteiger partial charge in [0.1, 0.15) is 6.54 Å². The van der Waals surface area contributed by atoms with Crippen molar-refractivity contribution in [3.63, 3.8) is 0 Å². The van der Waals surface area contributed by atoms with Crippen molar-refractivity contribution >= 4 is 17.0 Å². The summed E-state index contributed by atoms with van der Waals surface area (Å²) >= 11 is 0. The molecule has 0 unspecified atom stereocenters. The first kappa shape index (κ1) is 18.7. The van der Waals surface area contributed by atoms with E-state index >= 15 is 0 Å². The largest absolute Gasteiger partial charge is 0.420 e. The van der Waals surface area contributed by atoms with Gasteiger partial charge in [0.25, 0.3) is 0 Å². The van der Waals surface area contributed by atoms with Crippen molar-refractivity contribution in [1.29, 1.82) is 0 Å². The Morgan fingerprint density at radius 1 is 1.27 bits per heavy atom. The van der Waals surface area contributed by atoms with Gasteiger partial charge in [-0.05, 0) is 55.8 Å². The first-order valence-electron chi connectivity index (χ1n) is 9.51. The van der Waals surface area contributed by atoms with Crippen molar-refractivity contribution in [2.45, 2.75) is 40.2 Å². The zero-order valence-corrected chi connectivity index (χ0v) is 16.0. The Morgan fingerprint density at radius 2 is 2.00 bits per heavy atom. The monoisotopic (exact) mass is 359 g/mol. The summed E-state index contributed by atoms with van der Waals surface area (Å²) in [5.74, 6) is 0.852. The molecular formula is C20H29N3O3. The number of likely N-dealkylation sites (tertiary alicyclic amines) is 1. The maximum atomic E-state index is 12.2. The van der Waals surface area contributed by atoms with Gasteiger partial charge in [0.2, 0.25) is 5.91 Å². The van der Waals surface area contributed by atoms with Crippen LogP contribution in [0.5, 0.6) is 0 Å². The van der Waals surface area contributed by atoms with E-state index in [1.54, 1.807) is 6.07 Å². The Morgan fingerprint density at radius 3 is 2.73 bits per heavy atom. The second-order valence-corrected chi connectivity index (χ2v) is 7.83. The third-order valence-corrected chi connectivity index (χ3v) is 5.04. The molecule has 0 spiro atoms. The highest BCUT2D eigenvalue weighted by Crippen LogP contribution is 2.20. The lowest BCUT2D eigenvalue weighted by Crippen LogP contribution is -2.40. The smallest absolute Gasteiger partial charge is 0.408 e. The SMILES string of the molecule is Cc1ccc2oc(=O)n(CC(=O)NCCCN3C[C@H](C)C[C@@H](C)C3)c2c1. The van der Waals surface area contributed by atoms with Crippen LogP contribution in [0.2, 0.25) is 0 Å². The highest BCUT2D eigenvalue weighted by atomic mass is 16.4. The zero-order valence-electron chi connectivity index (χ0n) is 16.0. The van der Waals surface area contributed by atoms with Crippen LogP contribution in [0.4, 0.5) is 0 Å². The second-order valence-electron chi connectivity index (χ2n) is 7.83. The molecule has 2 heterocycles. The summed E-state index contributed by atoms with van der Waals surface area (Å²) in [5.41, 5.74) is 2.21. The molecule has 1 aliphatic rings. The number of rotatable bonds is 6. The third kappa shape index (κ3) is 4.55. The summed E-state index contributed by atoms with van der Waals surface area (Å²) < 4.78 is 6.60. The van der Waals surface area contributed by atoms with Crippen LogP contribution in [0.25, 0.3) is 11.1 Å². The molecule has 0 radical (unpaired) electrons. The minimum Gasteiger partial charge on any atom is -0.408 e. The lowest BCUT2D eigenvalue weighted by Gasteiger charge is -2.34. The molecule has 1 amide bonds. The average molecular weight is 359 g/mol. The van der Waals surface area contributed by atoms with Gasteiger partial charge in [0.15, 0.2) is 5.58 Å². The van der Waals surface area contributed by atoms with E-state index < -0.39 is 5.76 Å². The molecule has 2 aromatic rings. The molecule has 2 atom stereocenters. The number of carbonyl (C=O) groups is 1. The van der Waals surface area contributed by atoms with E-state index in [4.69, 9.17) is 4.42 Å². The minimum atomic E-state index is -0.489. The van der Waals surface area contributed by atoms with E-state index in [1.165, 1.54) is 11.0 Å². The van der Waals surface area contributed by atoms with E-state index in [9.17, 15) is 9.59 Å². The van der Waals surface area contributed by atoms with Crippen molar-refractivity contribution in [1.82, 2.24) is 14.8 Å². The van der Waals surface area contributed by atoms with Crippen LogP contribution in [0.1, 0.15) is 32.3 Å². The predicted octanol–water partition coefficient (Wildman–Crippen LogP) is 2.39. The summed E-state index contributed by atoms with van der Waals surface area (Å²) in [4.78, 5) is 26.7. The van der Waals surface area contributed by atoms with Gasteiger partial charge in [-0.3, -0.25) is 9.36 Å². The van der Waals surface area contributed by atoms with Crippen molar-refractivity contribution < 1.29 is 9.21 Å². The van der Waals surface area contributed by atoms with Gasteiger partial charge in [-0.1, -0.05) is 19.9 Å². The number of aromatic nitrogens is 1. The number of nitrogens with zero attached hydrogens (tertiary/aromatic N) is 2. The lowest BCUT2D eigenvalue weighted by molar-refractivity contribution is -0.121. The van der Waals surface area contributed by atoms with Crippen LogP contribution in [0.3, 0.4) is 0 Å². The van der Waals surface area contributed by atoms with E-state index in [1.807, 2.05) is 19.1 Å². The predicted molar refractivity (Wildman–Crippen MR) is 102 cm³/mol. The fraction of sp³-hybridized carbons (Fsp3) is 0.600. The number of fused-ring (bicyclic) bond motifs is 1. The van der Waals surface area contributed by atoms with E-state index in [0.29, 0.717) is 17.6 Å². The molecule has 1 fully saturated rings. The van der Waals surface area contributed by atoms with Crippen LogP contribution in [0, 0.1) is 18.8 Å². The van der Waals surface area contributed by atoms with Crippen LogP contribution >= 0.6 is 0 Å². The number of carbonyl (C=O) groups excluding carboxylic acids is 1. The lowest BCUT2D eigenvalue weighted by atomic mass is 9.92. The highest BCUT2D eigenvalue weighted by Gasteiger charge is 2.21. The molecule has 6 heteroatoms. The van der Waals surface area contributed by atoms with Gasteiger partial charge >= 0.3 is 5.76 Å². The topological polar surface area (TPSA) is 67.5 Å². The van der Waals surface area contributed by atoms with Crippen LogP contribution in [0.15, 0.2) is 27.4 Å². The molecule has 1 saturated heterocycles. The molecule has 3 rings (SSSR count). The van der Waals surface area contributed by atoms with Crippen molar-refractivity contribution in [2.24, 2.45) is 11.8 Å². The first-order valence-corrected chi connectivity index (χ1v) is 9.51. The summed E-state index contributed by atoms with van der Waals surface area (Å²) in [7, 11) is 0. The molecule has 1 N–H and O–H groups in total. The van der Waals surface area contributed by atoms with Gasteiger partial charge in [0, 0.05) is 19.6 Å². The fourth-order valence-corrected chi connectivity index (χ4v) is 4.03. The molecule has 26 heavy (non-hydrogen) atoms. The summed E-state index contributed by atoms with van der Waals surface area (Å²) in [6.07, 6.45) is 2.23. The van der Waals surface area contributed by atoms with Crippen LogP contribution in [-0.4, -0.2) is 41.6 Å². The van der Waals surface area contributed by atoms with Gasteiger partial charge in [-0.15, -0.1) is 0 Å². The third-order valence-electron chi connectivity index (χ3n) is 5.04. The Kier molecular flexibility index (Phi) is 5.81. The van der Waals surface area contributed by atoms with Crippen molar-refractivity contribution in [2.75, 3.05) is 26.2 Å². The summed E-state index contributed by atoms with van der Waals surface area (Å²) in [6.45, 7) is 10.5. The molecule has 142 valence electrons. The van der Waals surface area contributed by atoms with Gasteiger partial charge < -0.3 is 14.6 Å². The van der Waals surface area contributed by atoms with E-state index in [0.717, 1.165) is 43.5 Å². The van der Waals surface area contributed by atoms with Crippen LogP contribution < -0.4 is 11.1 Å². The Labute approximate surface area is 154 Å². The van der Waals surface area contributed by atoms with Crippen LogP contribution in [-0.2, 0) is 11.3 Å². The molecule has 1 aromatic heterocycles. The average Bonchev–Trinajstić information content (AvgIpc) is 2.86. The number of benzene rings is 1. The molecule has 1 aromatic carbocycles. The van der Waals surface area contributed by atoms with Gasteiger partial charge in [-0.2, -0.15) is 0 Å². The Hall–Kier alpha value is -2.08. The number of hydrogen-bond donors (Lipinski definition) is 1. The molecule has 0 saturated carbocycles. The Bertz CT molecular complexity index is 813. The number of piperidine rings is 1. The molecule has 6 nitrogen and oxygen atoms in total. The standard InChI is InChI=1S/C20H29N3O3/c1-14-5-6-18-17(10-14)23(20(25)26-18)13-19(24)21-7-4-8-22-11-15(2)9-16(3)12-22/h5-6,10,15-16H,4,7-9,11-13H2,1-3H3,(H,21,24)/t15-,16-/m1/s1. The minimum absolute atomic E-state index is 0.00688. The van der Waals surface area contributed by atoms with E-state index in [-0.39, 0.29) is 12.5 Å². The van der Waals surface area contributed by atoms with E-state index in [2.05, 4.69) is 24.1 Å². The Balaban J connectivity index is 1.48.